The molecule has 0 aromatic rings. The minimum Gasteiger partial charge on any atom is -0.481 e. The molecule has 0 heterocycles. The maximum absolute atomic E-state index is 11.2. The third-order valence-electron chi connectivity index (χ3n) is 4.59. The molecule has 14 heavy (non-hydrogen) atoms. The van der Waals surface area contributed by atoms with Gasteiger partial charge in [0.1, 0.15) is 0 Å². The first kappa shape index (κ1) is 10.0. The van der Waals surface area contributed by atoms with Gasteiger partial charge in [-0.2, -0.15) is 0 Å². The fourth-order valence-electron chi connectivity index (χ4n) is 3.67. The number of hydrogen-bond donors (Lipinski definition) is 1. The Morgan fingerprint density at radius 2 is 1.93 bits per heavy atom. The van der Waals surface area contributed by atoms with Crippen molar-refractivity contribution < 1.29 is 9.90 Å². The first-order valence-corrected chi connectivity index (χ1v) is 5.87. The Kier molecular flexibility index (Phi) is 2.54. The number of fused-ring (bicyclic) bond motifs is 1. The summed E-state index contributed by atoms with van der Waals surface area (Å²) >= 11 is 0. The normalized spacial score (nSPS) is 42.9. The molecule has 2 aliphatic rings. The van der Waals surface area contributed by atoms with Crippen LogP contribution in [-0.2, 0) is 4.79 Å². The summed E-state index contributed by atoms with van der Waals surface area (Å²) in [5.74, 6) is 0.0618. The molecule has 2 saturated carbocycles. The zero-order valence-corrected chi connectivity index (χ0v) is 8.96. The monoisotopic (exact) mass is 196 g/mol. The number of carboxylic acid groups (broad SMARTS) is 1. The third-order valence-corrected chi connectivity index (χ3v) is 4.59. The summed E-state index contributed by atoms with van der Waals surface area (Å²) in [6.07, 6.45) is 8.23. The Morgan fingerprint density at radius 3 is 2.64 bits per heavy atom. The Bertz CT molecular complexity index is 234. The van der Waals surface area contributed by atoms with E-state index in [0.29, 0.717) is 5.92 Å². The van der Waals surface area contributed by atoms with Gasteiger partial charge in [0.05, 0.1) is 5.92 Å². The summed E-state index contributed by atoms with van der Waals surface area (Å²) in [7, 11) is 0. The molecule has 2 aliphatic carbocycles. The van der Waals surface area contributed by atoms with Crippen molar-refractivity contribution in [2.75, 3.05) is 0 Å². The molecule has 0 radical (unpaired) electrons. The number of carboxylic acids is 1. The van der Waals surface area contributed by atoms with E-state index < -0.39 is 5.97 Å². The van der Waals surface area contributed by atoms with Gasteiger partial charge in [-0.1, -0.05) is 26.2 Å². The van der Waals surface area contributed by atoms with Crippen LogP contribution < -0.4 is 0 Å². The molecule has 3 unspecified atom stereocenters. The van der Waals surface area contributed by atoms with Crippen LogP contribution in [0.4, 0.5) is 0 Å². The van der Waals surface area contributed by atoms with Crippen LogP contribution in [0.15, 0.2) is 0 Å². The Labute approximate surface area is 85.7 Å². The lowest BCUT2D eigenvalue weighted by atomic mass is 9.55. The zero-order valence-electron chi connectivity index (χ0n) is 8.96. The van der Waals surface area contributed by atoms with Crippen molar-refractivity contribution in [2.45, 2.75) is 51.9 Å². The van der Waals surface area contributed by atoms with Gasteiger partial charge in [-0.3, -0.25) is 4.79 Å². The number of rotatable bonds is 1. The molecule has 2 heteroatoms. The quantitative estimate of drug-likeness (QED) is 0.699. The standard InChI is InChI=1S/C12H20O2/c1-12-8-3-2-5-9(12)6-4-7-10(12)11(13)14/h9-10H,2-8H2,1H3,(H,13,14). The molecule has 2 fully saturated rings. The van der Waals surface area contributed by atoms with Crippen LogP contribution in [0, 0.1) is 17.3 Å². The van der Waals surface area contributed by atoms with Crippen LogP contribution in [0.1, 0.15) is 51.9 Å². The summed E-state index contributed by atoms with van der Waals surface area (Å²) in [5.41, 5.74) is 0.113. The average Bonchev–Trinajstić information content (AvgIpc) is 2.15. The van der Waals surface area contributed by atoms with E-state index in [0.717, 1.165) is 19.3 Å². The molecule has 0 aliphatic heterocycles. The Morgan fingerprint density at radius 1 is 1.21 bits per heavy atom. The van der Waals surface area contributed by atoms with Crippen molar-refractivity contribution >= 4 is 5.97 Å². The van der Waals surface area contributed by atoms with E-state index in [1.165, 1.54) is 25.7 Å². The van der Waals surface area contributed by atoms with Crippen LogP contribution in [0.3, 0.4) is 0 Å². The lowest BCUT2D eigenvalue weighted by Gasteiger charge is -2.48. The molecule has 0 saturated heterocycles. The maximum Gasteiger partial charge on any atom is 0.307 e. The van der Waals surface area contributed by atoms with Gasteiger partial charge in [0.15, 0.2) is 0 Å². The van der Waals surface area contributed by atoms with Gasteiger partial charge in [0, 0.05) is 0 Å². The van der Waals surface area contributed by atoms with E-state index in [9.17, 15) is 9.90 Å². The van der Waals surface area contributed by atoms with Gasteiger partial charge >= 0.3 is 5.97 Å². The summed E-state index contributed by atoms with van der Waals surface area (Å²) in [6.45, 7) is 2.22. The van der Waals surface area contributed by atoms with Crippen LogP contribution in [-0.4, -0.2) is 11.1 Å². The van der Waals surface area contributed by atoms with E-state index in [1.807, 2.05) is 0 Å². The summed E-state index contributed by atoms with van der Waals surface area (Å²) in [4.78, 5) is 11.2. The summed E-state index contributed by atoms with van der Waals surface area (Å²) < 4.78 is 0. The minimum absolute atomic E-state index is 0.0680. The van der Waals surface area contributed by atoms with Gasteiger partial charge in [0.25, 0.3) is 0 Å². The highest BCUT2D eigenvalue weighted by atomic mass is 16.4. The smallest absolute Gasteiger partial charge is 0.307 e. The highest BCUT2D eigenvalue weighted by Gasteiger charge is 2.47. The molecule has 2 nitrogen and oxygen atoms in total. The molecule has 3 atom stereocenters. The highest BCUT2D eigenvalue weighted by Crippen LogP contribution is 2.53. The highest BCUT2D eigenvalue weighted by molar-refractivity contribution is 5.71. The second-order valence-corrected chi connectivity index (χ2v) is 5.27. The lowest BCUT2D eigenvalue weighted by molar-refractivity contribution is -0.152. The second-order valence-electron chi connectivity index (χ2n) is 5.27. The van der Waals surface area contributed by atoms with Crippen LogP contribution >= 0.6 is 0 Å². The first-order valence-electron chi connectivity index (χ1n) is 5.87. The van der Waals surface area contributed by atoms with Gasteiger partial charge in [-0.05, 0) is 37.0 Å². The first-order chi connectivity index (χ1) is 6.64. The molecular weight excluding hydrogens is 176 g/mol. The van der Waals surface area contributed by atoms with Crippen molar-refractivity contribution in [3.63, 3.8) is 0 Å². The largest absolute Gasteiger partial charge is 0.481 e. The van der Waals surface area contributed by atoms with Gasteiger partial charge in [-0.25, -0.2) is 0 Å². The van der Waals surface area contributed by atoms with Crippen LogP contribution in [0.25, 0.3) is 0 Å². The van der Waals surface area contributed by atoms with Crippen LogP contribution in [0.5, 0.6) is 0 Å². The maximum atomic E-state index is 11.2. The summed E-state index contributed by atoms with van der Waals surface area (Å²) in [5, 5.41) is 9.24. The summed E-state index contributed by atoms with van der Waals surface area (Å²) in [6, 6.07) is 0. The van der Waals surface area contributed by atoms with Crippen LogP contribution in [0.2, 0.25) is 0 Å². The molecule has 80 valence electrons. The average molecular weight is 196 g/mol. The SMILES string of the molecule is CC12CCCCC1CCCC2C(=O)O. The molecule has 0 bridgehead atoms. The molecule has 1 N–H and O–H groups in total. The van der Waals surface area contributed by atoms with E-state index in [1.54, 1.807) is 0 Å². The topological polar surface area (TPSA) is 37.3 Å². The number of aliphatic carboxylic acids is 1. The van der Waals surface area contributed by atoms with Gasteiger partial charge in [-0.15, -0.1) is 0 Å². The van der Waals surface area contributed by atoms with Crippen molar-refractivity contribution in [3.05, 3.63) is 0 Å². The Hall–Kier alpha value is -0.530. The van der Waals surface area contributed by atoms with Gasteiger partial charge < -0.3 is 5.11 Å². The molecule has 2 rings (SSSR count). The predicted molar refractivity (Wildman–Crippen MR) is 55.0 cm³/mol. The molecule has 0 spiro atoms. The molecular formula is C12H20O2. The predicted octanol–water partition coefficient (Wildman–Crippen LogP) is 3.07. The van der Waals surface area contributed by atoms with Crippen molar-refractivity contribution in [1.29, 1.82) is 0 Å². The number of carbonyl (C=O) groups is 1. The van der Waals surface area contributed by atoms with Gasteiger partial charge in [0.2, 0.25) is 0 Å². The van der Waals surface area contributed by atoms with E-state index in [2.05, 4.69) is 6.92 Å². The minimum atomic E-state index is -0.556. The second kappa shape index (κ2) is 3.56. The molecule has 0 aromatic heterocycles. The fraction of sp³-hybridized carbons (Fsp3) is 0.917. The van der Waals surface area contributed by atoms with Crippen molar-refractivity contribution in [1.82, 2.24) is 0 Å². The number of hydrogen-bond acceptors (Lipinski definition) is 1. The molecule has 0 aromatic carbocycles. The van der Waals surface area contributed by atoms with E-state index in [4.69, 9.17) is 0 Å². The Balaban J connectivity index is 2.21. The lowest BCUT2D eigenvalue weighted by Crippen LogP contribution is -2.44. The third kappa shape index (κ3) is 1.45. The zero-order chi connectivity index (χ0) is 10.2. The van der Waals surface area contributed by atoms with Crippen molar-refractivity contribution in [3.8, 4) is 0 Å². The molecule has 0 amide bonds. The fourth-order valence-corrected chi connectivity index (χ4v) is 3.67. The van der Waals surface area contributed by atoms with Crippen molar-refractivity contribution in [2.24, 2.45) is 17.3 Å². The van der Waals surface area contributed by atoms with E-state index in [-0.39, 0.29) is 11.3 Å². The van der Waals surface area contributed by atoms with E-state index >= 15 is 0 Å².